The van der Waals surface area contributed by atoms with Gasteiger partial charge < -0.3 is 16.2 Å². The molecule has 0 spiro atoms. The predicted octanol–water partition coefficient (Wildman–Crippen LogP) is 4.61. The van der Waals surface area contributed by atoms with Crippen molar-refractivity contribution < 1.29 is 9.90 Å². The zero-order valence-corrected chi connectivity index (χ0v) is 16.9. The lowest BCUT2D eigenvalue weighted by Gasteiger charge is -2.13. The van der Waals surface area contributed by atoms with Crippen LogP contribution in [0.3, 0.4) is 0 Å². The molecule has 146 valence electrons. The number of phenols is 1. The average molecular weight is 415 g/mol. The van der Waals surface area contributed by atoms with Gasteiger partial charge in [-0.15, -0.1) is 24.2 Å². The molecule has 1 unspecified atom stereocenters. The van der Waals surface area contributed by atoms with Crippen molar-refractivity contribution in [1.82, 2.24) is 0 Å². The highest BCUT2D eigenvalue weighted by Crippen LogP contribution is 2.33. The van der Waals surface area contributed by atoms with Crippen molar-refractivity contribution >= 4 is 35.8 Å². The maximum Gasteiger partial charge on any atom is 0.241 e. The van der Waals surface area contributed by atoms with Crippen molar-refractivity contribution in [2.75, 3.05) is 5.32 Å². The van der Waals surface area contributed by atoms with Crippen LogP contribution in [0.25, 0.3) is 0 Å². The summed E-state index contributed by atoms with van der Waals surface area (Å²) in [5.74, 6) is 0.635. The summed E-state index contributed by atoms with van der Waals surface area (Å²) in [6.45, 7) is 0. The minimum atomic E-state index is -0.651. The summed E-state index contributed by atoms with van der Waals surface area (Å²) in [5.41, 5.74) is 8.73. The molecule has 3 aromatic rings. The summed E-state index contributed by atoms with van der Waals surface area (Å²) in [7, 11) is 0. The topological polar surface area (TPSA) is 75.4 Å². The molecule has 0 saturated heterocycles. The smallest absolute Gasteiger partial charge is 0.241 e. The molecule has 0 radical (unpaired) electrons. The van der Waals surface area contributed by atoms with E-state index in [1.807, 2.05) is 60.7 Å². The molecule has 4 nitrogen and oxygen atoms in total. The normalized spacial score (nSPS) is 11.3. The van der Waals surface area contributed by atoms with Crippen LogP contribution >= 0.6 is 24.2 Å². The third-order valence-corrected chi connectivity index (χ3v) is 5.23. The van der Waals surface area contributed by atoms with E-state index in [9.17, 15) is 9.90 Å². The number of anilines is 1. The molecule has 3 aromatic carbocycles. The number of nitrogens with two attached hydrogens (primary N) is 1. The van der Waals surface area contributed by atoms with Crippen LogP contribution < -0.4 is 11.1 Å². The van der Waals surface area contributed by atoms with Gasteiger partial charge in [0.15, 0.2) is 0 Å². The number of carbonyl (C=O) groups excluding carboxylic acids is 1. The molecule has 0 bridgehead atoms. The number of halogens is 1. The molecule has 0 aliphatic carbocycles. The van der Waals surface area contributed by atoms with E-state index < -0.39 is 6.04 Å². The van der Waals surface area contributed by atoms with Gasteiger partial charge in [0.05, 0.1) is 6.04 Å². The number of hydrogen-bond acceptors (Lipinski definition) is 4. The first kappa shape index (κ1) is 21.8. The van der Waals surface area contributed by atoms with Crippen molar-refractivity contribution in [3.63, 3.8) is 0 Å². The number of thioether (sulfide) groups is 1. The highest BCUT2D eigenvalue weighted by Gasteiger charge is 2.15. The van der Waals surface area contributed by atoms with E-state index >= 15 is 0 Å². The van der Waals surface area contributed by atoms with Gasteiger partial charge in [0.1, 0.15) is 5.75 Å². The second kappa shape index (κ2) is 10.8. The van der Waals surface area contributed by atoms with Crippen molar-refractivity contribution in [3.05, 3.63) is 90.0 Å². The zero-order valence-electron chi connectivity index (χ0n) is 15.2. The van der Waals surface area contributed by atoms with Gasteiger partial charge >= 0.3 is 0 Å². The maximum atomic E-state index is 12.3. The second-order valence-corrected chi connectivity index (χ2v) is 7.26. The Morgan fingerprint density at radius 2 is 1.57 bits per heavy atom. The van der Waals surface area contributed by atoms with Crippen LogP contribution in [-0.4, -0.2) is 17.1 Å². The van der Waals surface area contributed by atoms with E-state index in [2.05, 4.69) is 5.32 Å². The molecule has 28 heavy (non-hydrogen) atoms. The number of benzene rings is 3. The van der Waals surface area contributed by atoms with Crippen LogP contribution in [0.2, 0.25) is 0 Å². The van der Waals surface area contributed by atoms with Gasteiger partial charge in [0.25, 0.3) is 0 Å². The SMILES string of the molecule is Cl.NC(Cc1ccccc1)C(=O)Nc1ccc(SCc2ccccc2)c(O)c1. The largest absolute Gasteiger partial charge is 0.507 e. The molecular formula is C22H23ClN2O2S. The minimum Gasteiger partial charge on any atom is -0.507 e. The average Bonchev–Trinajstić information content (AvgIpc) is 2.69. The molecule has 1 amide bonds. The van der Waals surface area contributed by atoms with Crippen molar-refractivity contribution in [2.24, 2.45) is 5.73 Å². The van der Waals surface area contributed by atoms with E-state index in [0.29, 0.717) is 12.1 Å². The molecule has 0 heterocycles. The summed E-state index contributed by atoms with van der Waals surface area (Å²) in [6, 6.07) is 24.2. The van der Waals surface area contributed by atoms with Crippen LogP contribution in [0.15, 0.2) is 83.8 Å². The quantitative estimate of drug-likeness (QED) is 0.493. The molecule has 3 rings (SSSR count). The summed E-state index contributed by atoms with van der Waals surface area (Å²) < 4.78 is 0. The number of carbonyl (C=O) groups is 1. The lowest BCUT2D eigenvalue weighted by molar-refractivity contribution is -0.117. The monoisotopic (exact) mass is 414 g/mol. The fraction of sp³-hybridized carbons (Fsp3) is 0.136. The predicted molar refractivity (Wildman–Crippen MR) is 118 cm³/mol. The molecule has 6 heteroatoms. The Morgan fingerprint density at radius 1 is 0.964 bits per heavy atom. The molecule has 0 fully saturated rings. The first-order valence-corrected chi connectivity index (χ1v) is 9.70. The van der Waals surface area contributed by atoms with E-state index in [1.54, 1.807) is 30.0 Å². The molecule has 0 aromatic heterocycles. The van der Waals surface area contributed by atoms with E-state index in [-0.39, 0.29) is 24.1 Å². The molecule has 4 N–H and O–H groups in total. The first-order valence-electron chi connectivity index (χ1n) is 8.72. The fourth-order valence-electron chi connectivity index (χ4n) is 2.65. The van der Waals surface area contributed by atoms with Crippen LogP contribution in [0, 0.1) is 0 Å². The number of amides is 1. The molecule has 0 aliphatic heterocycles. The van der Waals surface area contributed by atoms with E-state index in [4.69, 9.17) is 5.73 Å². The van der Waals surface area contributed by atoms with Crippen molar-refractivity contribution in [3.8, 4) is 5.75 Å². The lowest BCUT2D eigenvalue weighted by Crippen LogP contribution is -2.37. The Kier molecular flexibility index (Phi) is 8.39. The van der Waals surface area contributed by atoms with Crippen molar-refractivity contribution in [1.29, 1.82) is 0 Å². The Balaban J connectivity index is 0.00000280. The minimum absolute atomic E-state index is 0. The third kappa shape index (κ3) is 6.30. The second-order valence-electron chi connectivity index (χ2n) is 6.24. The van der Waals surface area contributed by atoms with Crippen molar-refractivity contribution in [2.45, 2.75) is 23.1 Å². The number of rotatable bonds is 7. The number of nitrogens with one attached hydrogen (secondary N) is 1. The van der Waals surface area contributed by atoms with Crippen LogP contribution in [0.1, 0.15) is 11.1 Å². The summed E-state index contributed by atoms with van der Waals surface area (Å²) in [5, 5.41) is 13.0. The number of hydrogen-bond donors (Lipinski definition) is 3. The van der Waals surface area contributed by atoms with Gasteiger partial charge in [-0.3, -0.25) is 4.79 Å². The highest BCUT2D eigenvalue weighted by atomic mass is 35.5. The van der Waals surface area contributed by atoms with E-state index in [1.165, 1.54) is 5.56 Å². The van der Waals surface area contributed by atoms with Gasteiger partial charge in [0, 0.05) is 22.4 Å². The Bertz CT molecular complexity index is 892. The lowest BCUT2D eigenvalue weighted by atomic mass is 10.1. The maximum absolute atomic E-state index is 12.3. The molecule has 0 saturated carbocycles. The Labute approximate surface area is 175 Å². The zero-order chi connectivity index (χ0) is 19.1. The third-order valence-electron chi connectivity index (χ3n) is 4.10. The molecular weight excluding hydrogens is 392 g/mol. The summed E-state index contributed by atoms with van der Waals surface area (Å²) in [6.07, 6.45) is 0.462. The Morgan fingerprint density at radius 3 is 2.18 bits per heavy atom. The van der Waals surface area contributed by atoms with Gasteiger partial charge in [-0.1, -0.05) is 60.7 Å². The molecule has 1 atom stereocenters. The van der Waals surface area contributed by atoms with Gasteiger partial charge in [-0.25, -0.2) is 0 Å². The summed E-state index contributed by atoms with van der Waals surface area (Å²) >= 11 is 1.55. The van der Waals surface area contributed by atoms with Gasteiger partial charge in [-0.05, 0) is 29.7 Å². The number of aromatic hydroxyl groups is 1. The first-order chi connectivity index (χ1) is 13.1. The standard InChI is InChI=1S/C22H22N2O2S.ClH/c23-19(13-16-7-3-1-4-8-16)22(26)24-18-11-12-21(20(25)14-18)27-15-17-9-5-2-6-10-17;/h1-12,14,19,25H,13,15,23H2,(H,24,26);1H. The fourth-order valence-corrected chi connectivity index (χ4v) is 3.53. The van der Waals surface area contributed by atoms with Crippen LogP contribution in [0.4, 0.5) is 5.69 Å². The van der Waals surface area contributed by atoms with Gasteiger partial charge in [0.2, 0.25) is 5.91 Å². The van der Waals surface area contributed by atoms with E-state index in [0.717, 1.165) is 16.2 Å². The Hall–Kier alpha value is -2.47. The van der Waals surface area contributed by atoms with Crippen LogP contribution in [-0.2, 0) is 17.0 Å². The highest BCUT2D eigenvalue weighted by molar-refractivity contribution is 7.98. The van der Waals surface area contributed by atoms with Crippen LogP contribution in [0.5, 0.6) is 5.75 Å². The number of phenolic OH excluding ortho intramolecular Hbond substituents is 1. The molecule has 0 aliphatic rings. The summed E-state index contributed by atoms with van der Waals surface area (Å²) in [4.78, 5) is 13.1. The van der Waals surface area contributed by atoms with Gasteiger partial charge in [-0.2, -0.15) is 0 Å².